The number of nitrogens with zero attached hydrogens (tertiary/aromatic N) is 2. The van der Waals surface area contributed by atoms with Crippen molar-refractivity contribution >= 4 is 17.0 Å². The van der Waals surface area contributed by atoms with Crippen molar-refractivity contribution in [3.8, 4) is 11.5 Å². The molecule has 0 aliphatic heterocycles. The molecule has 0 spiro atoms. The maximum atomic E-state index is 11.9. The van der Waals surface area contributed by atoms with Crippen LogP contribution in [0.15, 0.2) is 18.3 Å². The molecule has 3 aromatic rings. The minimum Gasteiger partial charge on any atom is -0.462 e. The lowest BCUT2D eigenvalue weighted by Crippen LogP contribution is -2.05. The van der Waals surface area contributed by atoms with Gasteiger partial charge in [-0.2, -0.15) is 5.10 Å². The van der Waals surface area contributed by atoms with Crippen LogP contribution in [0.2, 0.25) is 0 Å². The first-order valence-electron chi connectivity index (χ1n) is 6.78. The Balaban J connectivity index is 2.09. The molecule has 6 heteroatoms. The fourth-order valence-corrected chi connectivity index (χ4v) is 2.22. The van der Waals surface area contributed by atoms with E-state index in [9.17, 15) is 4.79 Å². The van der Waals surface area contributed by atoms with E-state index in [2.05, 4.69) is 27.1 Å². The van der Waals surface area contributed by atoms with Crippen LogP contribution in [0.4, 0.5) is 0 Å². The summed E-state index contributed by atoms with van der Waals surface area (Å²) in [5.74, 6) is 0.171. The number of aromatic amines is 2. The number of aromatic nitrogens is 4. The van der Waals surface area contributed by atoms with Crippen molar-refractivity contribution in [2.45, 2.75) is 20.8 Å². The SMILES string of the molecule is CCOC(=O)c1cn[nH]c1-c1nc2cc(C)c(C)cc2[nH]1. The van der Waals surface area contributed by atoms with E-state index in [1.54, 1.807) is 6.92 Å². The molecule has 0 saturated carbocycles. The Hall–Kier alpha value is -2.63. The number of hydrogen-bond acceptors (Lipinski definition) is 4. The van der Waals surface area contributed by atoms with Crippen LogP contribution in [0.25, 0.3) is 22.6 Å². The molecule has 2 N–H and O–H groups in total. The van der Waals surface area contributed by atoms with Crippen LogP contribution in [0.5, 0.6) is 0 Å². The highest BCUT2D eigenvalue weighted by Gasteiger charge is 2.19. The second kappa shape index (κ2) is 5.05. The van der Waals surface area contributed by atoms with Gasteiger partial charge in [0.25, 0.3) is 0 Å². The lowest BCUT2D eigenvalue weighted by molar-refractivity contribution is 0.0527. The molecule has 2 aromatic heterocycles. The van der Waals surface area contributed by atoms with Gasteiger partial charge in [-0.15, -0.1) is 0 Å². The van der Waals surface area contributed by atoms with Crippen molar-refractivity contribution in [1.29, 1.82) is 0 Å². The number of carbonyl (C=O) groups excluding carboxylic acids is 1. The smallest absolute Gasteiger partial charge is 0.342 e. The summed E-state index contributed by atoms with van der Waals surface area (Å²) in [6.07, 6.45) is 1.46. The molecule has 1 aromatic carbocycles. The number of nitrogens with one attached hydrogen (secondary N) is 2. The van der Waals surface area contributed by atoms with Gasteiger partial charge in [0, 0.05) is 0 Å². The maximum absolute atomic E-state index is 11.9. The van der Waals surface area contributed by atoms with Gasteiger partial charge in [-0.3, -0.25) is 5.10 Å². The molecule has 6 nitrogen and oxygen atoms in total. The van der Waals surface area contributed by atoms with Gasteiger partial charge in [0.05, 0.1) is 23.8 Å². The number of carbonyl (C=O) groups is 1. The summed E-state index contributed by atoms with van der Waals surface area (Å²) in [5.41, 5.74) is 5.07. The first kappa shape index (κ1) is 13.4. The Morgan fingerprint density at radius 2 is 2.05 bits per heavy atom. The van der Waals surface area contributed by atoms with Gasteiger partial charge < -0.3 is 9.72 Å². The van der Waals surface area contributed by atoms with Crippen molar-refractivity contribution in [3.63, 3.8) is 0 Å². The largest absolute Gasteiger partial charge is 0.462 e. The van der Waals surface area contributed by atoms with Crippen LogP contribution < -0.4 is 0 Å². The van der Waals surface area contributed by atoms with Crippen LogP contribution in [-0.2, 0) is 4.74 Å². The topological polar surface area (TPSA) is 83.7 Å². The molecule has 0 radical (unpaired) electrons. The van der Waals surface area contributed by atoms with Gasteiger partial charge in [-0.05, 0) is 44.0 Å². The van der Waals surface area contributed by atoms with E-state index in [0.717, 1.165) is 11.0 Å². The zero-order chi connectivity index (χ0) is 15.0. The molecule has 0 bridgehead atoms. The monoisotopic (exact) mass is 284 g/mol. The van der Waals surface area contributed by atoms with Gasteiger partial charge in [0.1, 0.15) is 11.3 Å². The van der Waals surface area contributed by atoms with Gasteiger partial charge in [0.15, 0.2) is 5.82 Å². The molecule has 21 heavy (non-hydrogen) atoms. The zero-order valence-corrected chi connectivity index (χ0v) is 12.2. The molecular weight excluding hydrogens is 268 g/mol. The minimum absolute atomic E-state index is 0.321. The Morgan fingerprint density at radius 1 is 1.29 bits per heavy atom. The molecule has 0 fully saturated rings. The Labute approximate surface area is 121 Å². The predicted molar refractivity (Wildman–Crippen MR) is 79.1 cm³/mol. The number of imidazole rings is 1. The highest BCUT2D eigenvalue weighted by Crippen LogP contribution is 2.24. The number of benzene rings is 1. The minimum atomic E-state index is -0.408. The van der Waals surface area contributed by atoms with Crippen LogP contribution in [0.1, 0.15) is 28.4 Å². The second-order valence-electron chi connectivity index (χ2n) is 4.92. The van der Waals surface area contributed by atoms with Crippen LogP contribution in [0.3, 0.4) is 0 Å². The van der Waals surface area contributed by atoms with Crippen LogP contribution in [-0.4, -0.2) is 32.7 Å². The van der Waals surface area contributed by atoms with Gasteiger partial charge >= 0.3 is 5.97 Å². The van der Waals surface area contributed by atoms with Crippen molar-refractivity contribution in [2.75, 3.05) is 6.61 Å². The van der Waals surface area contributed by atoms with Crippen molar-refractivity contribution in [2.24, 2.45) is 0 Å². The molecule has 0 atom stereocenters. The van der Waals surface area contributed by atoms with Gasteiger partial charge in [-0.1, -0.05) is 0 Å². The predicted octanol–water partition coefficient (Wildman–Crippen LogP) is 2.75. The van der Waals surface area contributed by atoms with E-state index in [4.69, 9.17) is 4.74 Å². The Morgan fingerprint density at radius 3 is 2.81 bits per heavy atom. The van der Waals surface area contributed by atoms with Crippen molar-refractivity contribution < 1.29 is 9.53 Å². The number of H-pyrrole nitrogens is 2. The van der Waals surface area contributed by atoms with Crippen LogP contribution >= 0.6 is 0 Å². The number of aryl methyl sites for hydroxylation is 2. The molecule has 0 amide bonds. The van der Waals surface area contributed by atoms with E-state index in [1.807, 2.05) is 19.1 Å². The highest BCUT2D eigenvalue weighted by atomic mass is 16.5. The molecule has 108 valence electrons. The normalized spacial score (nSPS) is 11.0. The fraction of sp³-hybridized carbons (Fsp3) is 0.267. The molecule has 2 heterocycles. The third kappa shape index (κ3) is 2.29. The summed E-state index contributed by atoms with van der Waals surface area (Å²) in [6.45, 7) is 6.19. The summed E-state index contributed by atoms with van der Waals surface area (Å²) in [6, 6.07) is 4.06. The molecule has 0 aliphatic carbocycles. The van der Waals surface area contributed by atoms with E-state index in [-0.39, 0.29) is 0 Å². The van der Waals surface area contributed by atoms with Gasteiger partial charge in [0.2, 0.25) is 0 Å². The zero-order valence-electron chi connectivity index (χ0n) is 12.2. The third-order valence-corrected chi connectivity index (χ3v) is 3.47. The van der Waals surface area contributed by atoms with Crippen molar-refractivity contribution in [1.82, 2.24) is 20.2 Å². The van der Waals surface area contributed by atoms with Crippen LogP contribution in [0, 0.1) is 13.8 Å². The van der Waals surface area contributed by atoms with E-state index in [1.165, 1.54) is 17.3 Å². The number of fused-ring (bicyclic) bond motifs is 1. The molecule has 0 aliphatic rings. The van der Waals surface area contributed by atoms with E-state index < -0.39 is 5.97 Å². The summed E-state index contributed by atoms with van der Waals surface area (Å²) >= 11 is 0. The third-order valence-electron chi connectivity index (χ3n) is 3.47. The van der Waals surface area contributed by atoms with Gasteiger partial charge in [-0.25, -0.2) is 9.78 Å². The average molecular weight is 284 g/mol. The summed E-state index contributed by atoms with van der Waals surface area (Å²) in [4.78, 5) is 19.6. The lowest BCUT2D eigenvalue weighted by atomic mass is 10.1. The molecular formula is C15H16N4O2. The van der Waals surface area contributed by atoms with Crippen molar-refractivity contribution in [3.05, 3.63) is 35.0 Å². The lowest BCUT2D eigenvalue weighted by Gasteiger charge is -2.00. The number of hydrogen-bond donors (Lipinski definition) is 2. The molecule has 3 rings (SSSR count). The standard InChI is InChI=1S/C15H16N4O2/c1-4-21-15(20)10-7-16-19-13(10)14-17-11-5-8(2)9(3)6-12(11)18-14/h5-7H,4H2,1-3H3,(H,16,19)(H,17,18). The second-order valence-corrected chi connectivity index (χ2v) is 4.92. The number of esters is 1. The van der Waals surface area contributed by atoms with E-state index >= 15 is 0 Å². The highest BCUT2D eigenvalue weighted by molar-refractivity contribution is 5.95. The quantitative estimate of drug-likeness (QED) is 0.724. The number of rotatable bonds is 3. The summed E-state index contributed by atoms with van der Waals surface area (Å²) < 4.78 is 5.02. The molecule has 0 saturated heterocycles. The maximum Gasteiger partial charge on any atom is 0.342 e. The first-order valence-corrected chi connectivity index (χ1v) is 6.78. The van der Waals surface area contributed by atoms with E-state index in [0.29, 0.717) is 23.7 Å². The Bertz CT molecular complexity index is 777. The summed E-state index contributed by atoms with van der Waals surface area (Å²) in [5, 5.41) is 6.73. The molecule has 0 unspecified atom stereocenters. The Kier molecular flexibility index (Phi) is 3.21. The summed E-state index contributed by atoms with van der Waals surface area (Å²) in [7, 11) is 0. The number of ether oxygens (including phenoxy) is 1. The fourth-order valence-electron chi connectivity index (χ4n) is 2.22. The average Bonchev–Trinajstić information content (AvgIpc) is 3.05. The first-order chi connectivity index (χ1) is 10.1.